The molecule has 0 N–H and O–H groups in total. The van der Waals surface area contributed by atoms with Gasteiger partial charge in [0.25, 0.3) is 5.91 Å². The fourth-order valence-electron chi connectivity index (χ4n) is 5.33. The summed E-state index contributed by atoms with van der Waals surface area (Å²) in [7, 11) is 0. The summed E-state index contributed by atoms with van der Waals surface area (Å²) in [5.41, 5.74) is 2.18. The first-order chi connectivity index (χ1) is 15.0. The molecule has 0 aromatic carbocycles. The number of hydrogen-bond donors (Lipinski definition) is 0. The van der Waals surface area contributed by atoms with Crippen molar-refractivity contribution in [3.63, 3.8) is 0 Å². The maximum Gasteiger partial charge on any atom is 0.256 e. The first-order valence-corrected chi connectivity index (χ1v) is 10.8. The minimum Gasteiger partial charge on any atom is -0.472 e. The molecule has 3 aromatic rings. The van der Waals surface area contributed by atoms with Gasteiger partial charge < -0.3 is 9.64 Å². The van der Waals surface area contributed by atoms with Crippen molar-refractivity contribution in [2.45, 2.75) is 31.9 Å². The monoisotopic (exact) mass is 433 g/mol. The van der Waals surface area contributed by atoms with E-state index in [4.69, 9.17) is 16.3 Å². The second kappa shape index (κ2) is 6.72. The number of piperidine rings is 1. The van der Waals surface area contributed by atoms with Crippen LogP contribution in [0.5, 0.6) is 5.88 Å². The van der Waals surface area contributed by atoms with Crippen LogP contribution in [0.15, 0.2) is 49.1 Å². The zero-order valence-electron chi connectivity index (χ0n) is 16.9. The van der Waals surface area contributed by atoms with Gasteiger partial charge in [0.05, 0.1) is 16.6 Å². The van der Waals surface area contributed by atoms with Crippen LogP contribution >= 0.6 is 11.6 Å². The van der Waals surface area contributed by atoms with Gasteiger partial charge >= 0.3 is 0 Å². The number of pyridine rings is 2. The molecule has 0 radical (unpaired) electrons. The highest BCUT2D eigenvalue weighted by atomic mass is 35.5. The van der Waals surface area contributed by atoms with Crippen LogP contribution in [0.4, 0.5) is 0 Å². The third-order valence-electron chi connectivity index (χ3n) is 6.82. The van der Waals surface area contributed by atoms with Crippen LogP contribution in [0.25, 0.3) is 11.5 Å². The lowest BCUT2D eigenvalue weighted by atomic mass is 9.73. The number of hydrogen-bond acceptors (Lipinski definition) is 6. The Bertz CT molecular complexity index is 1170. The van der Waals surface area contributed by atoms with Crippen molar-refractivity contribution in [2.75, 3.05) is 6.54 Å². The van der Waals surface area contributed by atoms with Crippen LogP contribution in [0.1, 0.15) is 28.8 Å². The van der Waals surface area contributed by atoms with Gasteiger partial charge in [-0.2, -0.15) is 0 Å². The Balaban J connectivity index is 1.31. The van der Waals surface area contributed by atoms with Gasteiger partial charge in [0.15, 0.2) is 5.82 Å². The highest BCUT2D eigenvalue weighted by Crippen LogP contribution is 2.71. The molecule has 4 unspecified atom stereocenters. The van der Waals surface area contributed by atoms with Crippen molar-refractivity contribution >= 4 is 17.5 Å². The Hall–Kier alpha value is -3.06. The SMILES string of the molecule is Cc1cnc(-c2ncccn2)c(C(=O)N2CC3CC34CC(Oc3ccc(Cl)cn3)C24)c1. The summed E-state index contributed by atoms with van der Waals surface area (Å²) in [6, 6.07) is 7.21. The summed E-state index contributed by atoms with van der Waals surface area (Å²) >= 11 is 5.94. The Morgan fingerprint density at radius 3 is 2.77 bits per heavy atom. The second-order valence-corrected chi connectivity index (χ2v) is 9.13. The number of amides is 1. The largest absolute Gasteiger partial charge is 0.472 e. The normalized spacial score (nSPS) is 27.8. The van der Waals surface area contributed by atoms with Crippen LogP contribution < -0.4 is 4.74 Å². The van der Waals surface area contributed by atoms with Crippen molar-refractivity contribution in [1.82, 2.24) is 24.8 Å². The number of likely N-dealkylation sites (tertiary alicyclic amines) is 1. The summed E-state index contributed by atoms with van der Waals surface area (Å²) in [6.45, 7) is 2.68. The van der Waals surface area contributed by atoms with E-state index in [9.17, 15) is 4.79 Å². The molecule has 156 valence electrons. The Labute approximate surface area is 184 Å². The quantitative estimate of drug-likeness (QED) is 0.625. The van der Waals surface area contributed by atoms with Crippen molar-refractivity contribution < 1.29 is 9.53 Å². The lowest BCUT2D eigenvalue weighted by Gasteiger charge is -2.47. The molecule has 3 fully saturated rings. The maximum atomic E-state index is 13.7. The van der Waals surface area contributed by atoms with Gasteiger partial charge in [-0.25, -0.2) is 15.0 Å². The fourth-order valence-corrected chi connectivity index (χ4v) is 5.44. The van der Waals surface area contributed by atoms with Gasteiger partial charge in [-0.3, -0.25) is 9.78 Å². The molecule has 1 saturated heterocycles. The third-order valence-corrected chi connectivity index (χ3v) is 7.04. The van der Waals surface area contributed by atoms with E-state index in [1.165, 1.54) is 0 Å². The van der Waals surface area contributed by atoms with Crippen LogP contribution in [0.2, 0.25) is 5.02 Å². The molecule has 31 heavy (non-hydrogen) atoms. The van der Waals surface area contributed by atoms with E-state index < -0.39 is 0 Å². The number of carbonyl (C=O) groups excluding carboxylic acids is 1. The molecule has 7 nitrogen and oxygen atoms in total. The van der Waals surface area contributed by atoms with E-state index in [0.29, 0.717) is 33.9 Å². The van der Waals surface area contributed by atoms with Gasteiger partial charge in [-0.1, -0.05) is 11.6 Å². The fraction of sp³-hybridized carbons (Fsp3) is 0.348. The number of aromatic nitrogens is 4. The Morgan fingerprint density at radius 2 is 2.00 bits per heavy atom. The smallest absolute Gasteiger partial charge is 0.256 e. The summed E-state index contributed by atoms with van der Waals surface area (Å²) in [5.74, 6) is 1.51. The minimum absolute atomic E-state index is 0.0346. The highest BCUT2D eigenvalue weighted by molar-refractivity contribution is 6.30. The topological polar surface area (TPSA) is 81.1 Å². The lowest BCUT2D eigenvalue weighted by Crippen LogP contribution is -2.59. The molecule has 6 rings (SSSR count). The molecule has 8 heteroatoms. The number of rotatable bonds is 4. The number of carbonyl (C=O) groups is 1. The lowest BCUT2D eigenvalue weighted by molar-refractivity contribution is -0.0345. The van der Waals surface area contributed by atoms with Gasteiger partial charge in [0, 0.05) is 42.8 Å². The number of nitrogens with zero attached hydrogens (tertiary/aromatic N) is 5. The number of ether oxygens (including phenoxy) is 1. The van der Waals surface area contributed by atoms with Gasteiger partial charge in [-0.15, -0.1) is 0 Å². The summed E-state index contributed by atoms with van der Waals surface area (Å²) in [4.78, 5) is 33.1. The minimum atomic E-state index is -0.0701. The van der Waals surface area contributed by atoms with Crippen molar-refractivity contribution in [1.29, 1.82) is 0 Å². The summed E-state index contributed by atoms with van der Waals surface area (Å²) in [5, 5.41) is 0.569. The Morgan fingerprint density at radius 1 is 1.16 bits per heavy atom. The molecule has 1 spiro atoms. The van der Waals surface area contributed by atoms with Crippen LogP contribution in [0.3, 0.4) is 0 Å². The van der Waals surface area contributed by atoms with Crippen LogP contribution in [-0.2, 0) is 0 Å². The second-order valence-electron chi connectivity index (χ2n) is 8.69. The molecule has 3 aliphatic rings. The first-order valence-electron chi connectivity index (χ1n) is 10.4. The average molecular weight is 434 g/mol. The molecular weight excluding hydrogens is 414 g/mol. The van der Waals surface area contributed by atoms with Gasteiger partial charge in [0.1, 0.15) is 11.8 Å². The average Bonchev–Trinajstić information content (AvgIpc) is 3.43. The molecule has 0 bridgehead atoms. The van der Waals surface area contributed by atoms with Crippen molar-refractivity contribution in [2.24, 2.45) is 11.3 Å². The summed E-state index contributed by atoms with van der Waals surface area (Å²) < 4.78 is 6.16. The van der Waals surface area contributed by atoms with Crippen LogP contribution in [0, 0.1) is 18.3 Å². The van der Waals surface area contributed by atoms with Crippen molar-refractivity contribution in [3.05, 3.63) is 65.2 Å². The Kier molecular flexibility index (Phi) is 4.05. The molecule has 4 heterocycles. The zero-order chi connectivity index (χ0) is 21.2. The highest BCUT2D eigenvalue weighted by Gasteiger charge is 2.76. The zero-order valence-corrected chi connectivity index (χ0v) is 17.7. The van der Waals surface area contributed by atoms with E-state index in [-0.39, 0.29) is 23.5 Å². The van der Waals surface area contributed by atoms with E-state index >= 15 is 0 Å². The molecular formula is C23H20ClN5O2. The first kappa shape index (κ1) is 18.7. The van der Waals surface area contributed by atoms with E-state index in [1.807, 2.05) is 17.9 Å². The van der Waals surface area contributed by atoms with Crippen molar-refractivity contribution in [3.8, 4) is 17.4 Å². The number of halogens is 1. The van der Waals surface area contributed by atoms with Gasteiger partial charge in [-0.05, 0) is 49.4 Å². The third kappa shape index (κ3) is 2.91. The van der Waals surface area contributed by atoms with Gasteiger partial charge in [0.2, 0.25) is 5.88 Å². The predicted octanol–water partition coefficient (Wildman–Crippen LogP) is 3.58. The molecule has 1 amide bonds. The standard InChI is InChI=1S/C23H20ClN5O2/c1-13-7-16(19(28-10-13)21-25-5-2-6-26-21)22(30)29-12-14-8-23(14)9-17(20(23)29)31-18-4-3-15(24)11-27-18/h2-7,10-11,14,17,20H,8-9,12H2,1H3. The molecule has 4 atom stereocenters. The molecule has 3 aromatic heterocycles. The molecule has 2 saturated carbocycles. The predicted molar refractivity (Wildman–Crippen MR) is 114 cm³/mol. The maximum absolute atomic E-state index is 13.7. The molecule has 2 aliphatic carbocycles. The summed E-state index contributed by atoms with van der Waals surface area (Å²) in [6.07, 6.45) is 8.69. The van der Waals surface area contributed by atoms with E-state index in [0.717, 1.165) is 24.9 Å². The van der Waals surface area contributed by atoms with E-state index in [1.54, 1.807) is 43.0 Å². The molecule has 1 aliphatic heterocycles. The van der Waals surface area contributed by atoms with Crippen LogP contribution in [-0.4, -0.2) is 49.4 Å². The van der Waals surface area contributed by atoms with E-state index in [2.05, 4.69) is 19.9 Å². The number of aryl methyl sites for hydroxylation is 1.